The highest BCUT2D eigenvalue weighted by atomic mass is 16.2. The Morgan fingerprint density at radius 3 is 2.88 bits per heavy atom. The van der Waals surface area contributed by atoms with Crippen LogP contribution in [0.2, 0.25) is 0 Å². The molecule has 0 bridgehead atoms. The van der Waals surface area contributed by atoms with Gasteiger partial charge in [-0.25, -0.2) is 4.98 Å². The van der Waals surface area contributed by atoms with Crippen molar-refractivity contribution in [2.45, 2.75) is 63.1 Å². The van der Waals surface area contributed by atoms with Crippen LogP contribution in [-0.2, 0) is 11.3 Å². The first-order chi connectivity index (χ1) is 12.3. The Morgan fingerprint density at radius 2 is 2.00 bits per heavy atom. The van der Waals surface area contributed by atoms with Crippen molar-refractivity contribution >= 4 is 16.9 Å². The maximum Gasteiger partial charge on any atom is 0.240 e. The molecule has 5 rings (SSSR count). The maximum absolute atomic E-state index is 12.8. The normalized spacial score (nSPS) is 26.7. The molecular weight excluding hydrogens is 312 g/mol. The first-order valence-corrected chi connectivity index (χ1v) is 9.78. The highest BCUT2D eigenvalue weighted by Crippen LogP contribution is 2.40. The number of fused-ring (bicyclic) bond motifs is 2. The second-order valence-corrected chi connectivity index (χ2v) is 7.88. The third-order valence-electron chi connectivity index (χ3n) is 6.13. The molecule has 5 heteroatoms. The van der Waals surface area contributed by atoms with Crippen LogP contribution in [0.25, 0.3) is 11.0 Å². The van der Waals surface area contributed by atoms with Crippen molar-refractivity contribution < 1.29 is 4.79 Å². The lowest BCUT2D eigenvalue weighted by atomic mass is 9.99. The fourth-order valence-electron chi connectivity index (χ4n) is 4.73. The molecule has 2 saturated heterocycles. The molecule has 1 aliphatic carbocycles. The van der Waals surface area contributed by atoms with Gasteiger partial charge in [-0.2, -0.15) is 0 Å². The molecule has 0 unspecified atom stereocenters. The second-order valence-electron chi connectivity index (χ2n) is 7.88. The number of hydrogen-bond donors (Lipinski definition) is 1. The SMILES string of the molecule is O=C(Cn1c(C2CC2)nc2ccccc21)N[C@@H]1CCN2CCCC[C@H]12. The van der Waals surface area contributed by atoms with Gasteiger partial charge in [0, 0.05) is 24.5 Å². The summed E-state index contributed by atoms with van der Waals surface area (Å²) in [5, 5.41) is 3.34. The molecule has 1 N–H and O–H groups in total. The van der Waals surface area contributed by atoms with Crippen LogP contribution in [0.3, 0.4) is 0 Å². The summed E-state index contributed by atoms with van der Waals surface area (Å²) in [5.41, 5.74) is 2.10. The van der Waals surface area contributed by atoms with Gasteiger partial charge in [0.25, 0.3) is 0 Å². The Hall–Kier alpha value is -1.88. The number of hydrogen-bond acceptors (Lipinski definition) is 3. The minimum Gasteiger partial charge on any atom is -0.350 e. The summed E-state index contributed by atoms with van der Waals surface area (Å²) in [6.07, 6.45) is 7.33. The molecule has 3 aliphatic rings. The average Bonchev–Trinajstić information content (AvgIpc) is 3.31. The Kier molecular flexibility index (Phi) is 3.77. The number of imidazole rings is 1. The average molecular weight is 338 g/mol. The van der Waals surface area contributed by atoms with Crippen LogP contribution in [0.15, 0.2) is 24.3 Å². The number of aromatic nitrogens is 2. The number of benzene rings is 1. The summed E-state index contributed by atoms with van der Waals surface area (Å²) in [7, 11) is 0. The first kappa shape index (κ1) is 15.4. The molecule has 132 valence electrons. The van der Waals surface area contributed by atoms with E-state index in [-0.39, 0.29) is 5.91 Å². The van der Waals surface area contributed by atoms with Crippen LogP contribution in [0, 0.1) is 0 Å². The van der Waals surface area contributed by atoms with Crippen LogP contribution < -0.4 is 5.32 Å². The van der Waals surface area contributed by atoms with Crippen LogP contribution in [0.4, 0.5) is 0 Å². The zero-order valence-electron chi connectivity index (χ0n) is 14.7. The van der Waals surface area contributed by atoms with E-state index in [1.807, 2.05) is 18.2 Å². The van der Waals surface area contributed by atoms with E-state index in [0.717, 1.165) is 29.8 Å². The van der Waals surface area contributed by atoms with E-state index in [1.165, 1.54) is 38.6 Å². The van der Waals surface area contributed by atoms with Gasteiger partial charge in [-0.1, -0.05) is 18.6 Å². The number of carbonyl (C=O) groups is 1. The van der Waals surface area contributed by atoms with Crippen molar-refractivity contribution in [3.63, 3.8) is 0 Å². The number of nitrogens with zero attached hydrogens (tertiary/aromatic N) is 3. The number of piperidine rings is 1. The number of carbonyl (C=O) groups excluding carboxylic acids is 1. The first-order valence-electron chi connectivity index (χ1n) is 9.78. The Labute approximate surface area is 148 Å². The molecule has 1 saturated carbocycles. The molecule has 1 aromatic carbocycles. The fraction of sp³-hybridized carbons (Fsp3) is 0.600. The quantitative estimate of drug-likeness (QED) is 0.932. The summed E-state index contributed by atoms with van der Waals surface area (Å²) in [4.78, 5) is 20.2. The smallest absolute Gasteiger partial charge is 0.240 e. The zero-order valence-corrected chi connectivity index (χ0v) is 14.7. The van der Waals surface area contributed by atoms with Crippen molar-refractivity contribution in [2.24, 2.45) is 0 Å². The van der Waals surface area contributed by atoms with Gasteiger partial charge in [-0.05, 0) is 50.8 Å². The lowest BCUT2D eigenvalue weighted by molar-refractivity contribution is -0.122. The molecular formula is C20H26N4O. The molecule has 2 aromatic rings. The molecule has 2 aliphatic heterocycles. The molecule has 25 heavy (non-hydrogen) atoms. The zero-order chi connectivity index (χ0) is 16.8. The highest BCUT2D eigenvalue weighted by Gasteiger charge is 2.36. The van der Waals surface area contributed by atoms with Crippen LogP contribution in [0.1, 0.15) is 50.3 Å². The van der Waals surface area contributed by atoms with E-state index in [2.05, 4.69) is 20.9 Å². The fourth-order valence-corrected chi connectivity index (χ4v) is 4.73. The Morgan fingerprint density at radius 1 is 1.12 bits per heavy atom. The van der Waals surface area contributed by atoms with Crippen LogP contribution in [0.5, 0.6) is 0 Å². The molecule has 3 fully saturated rings. The predicted octanol–water partition coefficient (Wildman–Crippen LogP) is 2.66. The van der Waals surface area contributed by atoms with E-state index in [9.17, 15) is 4.79 Å². The molecule has 2 atom stereocenters. The summed E-state index contributed by atoms with van der Waals surface area (Å²) in [6, 6.07) is 9.07. The summed E-state index contributed by atoms with van der Waals surface area (Å²) >= 11 is 0. The van der Waals surface area contributed by atoms with Crippen LogP contribution in [-0.4, -0.2) is 45.5 Å². The van der Waals surface area contributed by atoms with E-state index < -0.39 is 0 Å². The topological polar surface area (TPSA) is 50.2 Å². The summed E-state index contributed by atoms with van der Waals surface area (Å²) in [6.45, 7) is 2.74. The highest BCUT2D eigenvalue weighted by molar-refractivity contribution is 5.81. The van der Waals surface area contributed by atoms with Crippen molar-refractivity contribution in [3.8, 4) is 0 Å². The Bertz CT molecular complexity index is 794. The van der Waals surface area contributed by atoms with E-state index in [0.29, 0.717) is 24.5 Å². The number of nitrogens with one attached hydrogen (secondary N) is 1. The monoisotopic (exact) mass is 338 g/mol. The molecule has 3 heterocycles. The van der Waals surface area contributed by atoms with Gasteiger partial charge in [0.05, 0.1) is 11.0 Å². The lowest BCUT2D eigenvalue weighted by Crippen LogP contribution is -2.47. The van der Waals surface area contributed by atoms with Crippen LogP contribution >= 0.6 is 0 Å². The summed E-state index contributed by atoms with van der Waals surface area (Å²) < 4.78 is 2.15. The Balaban J connectivity index is 1.34. The standard InChI is InChI=1S/C20H26N4O/c25-19(21-16-10-12-23-11-4-3-6-17(16)23)13-24-18-7-2-1-5-15(18)22-20(24)14-8-9-14/h1-2,5,7,14,16-17H,3-4,6,8-13H2,(H,21,25)/t16-,17-/m1/s1. The van der Waals surface area contributed by atoms with Crippen molar-refractivity contribution in [2.75, 3.05) is 13.1 Å². The second kappa shape index (κ2) is 6.13. The number of rotatable bonds is 4. The van der Waals surface area contributed by atoms with Crippen molar-refractivity contribution in [1.29, 1.82) is 0 Å². The third kappa shape index (κ3) is 2.84. The van der Waals surface area contributed by atoms with Gasteiger partial charge >= 0.3 is 0 Å². The minimum atomic E-state index is 0.141. The molecule has 5 nitrogen and oxygen atoms in total. The largest absolute Gasteiger partial charge is 0.350 e. The van der Waals surface area contributed by atoms with Gasteiger partial charge < -0.3 is 9.88 Å². The van der Waals surface area contributed by atoms with Crippen molar-refractivity contribution in [1.82, 2.24) is 19.8 Å². The summed E-state index contributed by atoms with van der Waals surface area (Å²) in [5.74, 6) is 1.78. The van der Waals surface area contributed by atoms with Crippen molar-refractivity contribution in [3.05, 3.63) is 30.1 Å². The van der Waals surface area contributed by atoms with E-state index in [4.69, 9.17) is 4.98 Å². The number of amides is 1. The lowest BCUT2D eigenvalue weighted by Gasteiger charge is -2.32. The van der Waals surface area contributed by atoms with E-state index in [1.54, 1.807) is 0 Å². The number of para-hydroxylation sites is 2. The van der Waals surface area contributed by atoms with Gasteiger partial charge in [-0.3, -0.25) is 9.69 Å². The van der Waals surface area contributed by atoms with Gasteiger partial charge in [0.2, 0.25) is 5.91 Å². The molecule has 0 spiro atoms. The van der Waals surface area contributed by atoms with Gasteiger partial charge in [-0.15, -0.1) is 0 Å². The molecule has 1 amide bonds. The van der Waals surface area contributed by atoms with Gasteiger partial charge in [0.15, 0.2) is 0 Å². The minimum absolute atomic E-state index is 0.141. The molecule has 0 radical (unpaired) electrons. The van der Waals surface area contributed by atoms with Gasteiger partial charge in [0.1, 0.15) is 12.4 Å². The predicted molar refractivity (Wildman–Crippen MR) is 97.5 cm³/mol. The maximum atomic E-state index is 12.8. The third-order valence-corrected chi connectivity index (χ3v) is 6.13. The molecule has 1 aromatic heterocycles. The van der Waals surface area contributed by atoms with E-state index >= 15 is 0 Å².